The summed E-state index contributed by atoms with van der Waals surface area (Å²) in [5.41, 5.74) is 10.5. The molecule has 0 aromatic heterocycles. The minimum Gasteiger partial charge on any atom is -0.352 e. The number of carbonyl (C=O) groups is 2. The number of primary amides is 1. The van der Waals surface area contributed by atoms with Gasteiger partial charge in [-0.15, -0.1) is 0 Å². The first-order chi connectivity index (χ1) is 8.54. The van der Waals surface area contributed by atoms with Crippen molar-refractivity contribution in [3.05, 3.63) is 0 Å². The number of likely N-dealkylation sites (tertiary alicyclic amines) is 1. The summed E-state index contributed by atoms with van der Waals surface area (Å²) in [6, 6.07) is -0.505. The zero-order chi connectivity index (χ0) is 13.5. The molecule has 18 heavy (non-hydrogen) atoms. The van der Waals surface area contributed by atoms with E-state index < -0.39 is 6.03 Å². The van der Waals surface area contributed by atoms with Crippen LogP contribution in [-0.4, -0.2) is 43.0 Å². The summed E-state index contributed by atoms with van der Waals surface area (Å²) in [5.74, 6) is 0.461. The number of amides is 3. The van der Waals surface area contributed by atoms with Gasteiger partial charge in [0.25, 0.3) is 0 Å². The van der Waals surface area contributed by atoms with Gasteiger partial charge in [-0.3, -0.25) is 4.79 Å². The highest BCUT2D eigenvalue weighted by Crippen LogP contribution is 2.18. The molecule has 0 aromatic carbocycles. The SMILES string of the molecule is CC(CCN)C(=O)N1CCCC(CNC(N)=O)C1. The molecule has 1 rings (SSSR count). The van der Waals surface area contributed by atoms with Crippen LogP contribution in [0, 0.1) is 11.8 Å². The lowest BCUT2D eigenvalue weighted by molar-refractivity contribution is -0.136. The van der Waals surface area contributed by atoms with Crippen molar-refractivity contribution in [2.75, 3.05) is 26.2 Å². The number of urea groups is 1. The second-order valence-corrected chi connectivity index (χ2v) is 5.02. The van der Waals surface area contributed by atoms with Gasteiger partial charge in [0.1, 0.15) is 0 Å². The summed E-state index contributed by atoms with van der Waals surface area (Å²) < 4.78 is 0. The van der Waals surface area contributed by atoms with Crippen molar-refractivity contribution in [2.24, 2.45) is 23.3 Å². The van der Waals surface area contributed by atoms with Crippen molar-refractivity contribution < 1.29 is 9.59 Å². The van der Waals surface area contributed by atoms with Crippen molar-refractivity contribution in [1.82, 2.24) is 10.2 Å². The maximum atomic E-state index is 12.1. The number of nitrogens with two attached hydrogens (primary N) is 2. The van der Waals surface area contributed by atoms with Crippen LogP contribution >= 0.6 is 0 Å². The third-order valence-electron chi connectivity index (χ3n) is 3.42. The Hall–Kier alpha value is -1.30. The molecule has 1 aliphatic rings. The Morgan fingerprint density at radius 3 is 2.83 bits per heavy atom. The molecule has 104 valence electrons. The molecule has 1 aliphatic heterocycles. The lowest BCUT2D eigenvalue weighted by Gasteiger charge is -2.34. The molecule has 5 N–H and O–H groups in total. The minimum absolute atomic E-state index is 0.0159. The molecule has 0 saturated carbocycles. The van der Waals surface area contributed by atoms with E-state index in [1.807, 2.05) is 11.8 Å². The fourth-order valence-corrected chi connectivity index (χ4v) is 2.36. The first kappa shape index (κ1) is 14.8. The highest BCUT2D eigenvalue weighted by Gasteiger charge is 2.26. The fourth-order valence-electron chi connectivity index (χ4n) is 2.36. The number of piperidine rings is 1. The minimum atomic E-state index is -0.505. The highest BCUT2D eigenvalue weighted by molar-refractivity contribution is 5.78. The van der Waals surface area contributed by atoms with E-state index in [-0.39, 0.29) is 11.8 Å². The van der Waals surface area contributed by atoms with Crippen molar-refractivity contribution in [3.63, 3.8) is 0 Å². The monoisotopic (exact) mass is 256 g/mol. The van der Waals surface area contributed by atoms with Crippen molar-refractivity contribution in [3.8, 4) is 0 Å². The Morgan fingerprint density at radius 1 is 1.50 bits per heavy atom. The molecular formula is C12H24N4O2. The van der Waals surface area contributed by atoms with Crippen LogP contribution in [0.1, 0.15) is 26.2 Å². The van der Waals surface area contributed by atoms with Crippen LogP contribution in [0.25, 0.3) is 0 Å². The van der Waals surface area contributed by atoms with Crippen LogP contribution in [0.5, 0.6) is 0 Å². The highest BCUT2D eigenvalue weighted by atomic mass is 16.2. The van der Waals surface area contributed by atoms with Gasteiger partial charge in [0.2, 0.25) is 5.91 Å². The van der Waals surface area contributed by atoms with Gasteiger partial charge < -0.3 is 21.7 Å². The van der Waals surface area contributed by atoms with Gasteiger partial charge in [-0.2, -0.15) is 0 Å². The van der Waals surface area contributed by atoms with Crippen LogP contribution in [0.15, 0.2) is 0 Å². The fraction of sp³-hybridized carbons (Fsp3) is 0.833. The third-order valence-corrected chi connectivity index (χ3v) is 3.42. The number of nitrogens with one attached hydrogen (secondary N) is 1. The van der Waals surface area contributed by atoms with Gasteiger partial charge in [-0.05, 0) is 31.7 Å². The quantitative estimate of drug-likeness (QED) is 0.639. The Kier molecular flexibility index (Phi) is 5.91. The maximum absolute atomic E-state index is 12.1. The second kappa shape index (κ2) is 7.20. The van der Waals surface area contributed by atoms with E-state index in [0.717, 1.165) is 25.8 Å². The maximum Gasteiger partial charge on any atom is 0.312 e. The molecule has 1 fully saturated rings. The van der Waals surface area contributed by atoms with Gasteiger partial charge in [0, 0.05) is 25.6 Å². The Balaban J connectivity index is 2.42. The number of rotatable bonds is 5. The van der Waals surface area contributed by atoms with Crippen molar-refractivity contribution >= 4 is 11.9 Å². The van der Waals surface area contributed by atoms with E-state index in [4.69, 9.17) is 11.5 Å². The number of carbonyl (C=O) groups excluding carboxylic acids is 2. The van der Waals surface area contributed by atoms with Crippen LogP contribution in [0.4, 0.5) is 4.79 Å². The Labute approximate surface area is 108 Å². The average Bonchev–Trinajstić information content (AvgIpc) is 2.36. The van der Waals surface area contributed by atoms with Crippen molar-refractivity contribution in [2.45, 2.75) is 26.2 Å². The molecule has 1 heterocycles. The first-order valence-electron chi connectivity index (χ1n) is 6.56. The zero-order valence-corrected chi connectivity index (χ0v) is 11.0. The van der Waals surface area contributed by atoms with E-state index in [9.17, 15) is 9.59 Å². The molecule has 2 atom stereocenters. The number of hydrogen-bond donors (Lipinski definition) is 3. The number of hydrogen-bond acceptors (Lipinski definition) is 3. The van der Waals surface area contributed by atoms with Gasteiger partial charge in [-0.1, -0.05) is 6.92 Å². The smallest absolute Gasteiger partial charge is 0.312 e. The van der Waals surface area contributed by atoms with Crippen LogP contribution in [-0.2, 0) is 4.79 Å². The summed E-state index contributed by atoms with van der Waals surface area (Å²) in [6.07, 6.45) is 2.72. The summed E-state index contributed by atoms with van der Waals surface area (Å²) in [7, 11) is 0. The van der Waals surface area contributed by atoms with E-state index in [1.165, 1.54) is 0 Å². The summed E-state index contributed by atoms with van der Waals surface area (Å²) >= 11 is 0. The zero-order valence-electron chi connectivity index (χ0n) is 11.0. The normalized spacial score (nSPS) is 21.4. The molecule has 0 aromatic rings. The first-order valence-corrected chi connectivity index (χ1v) is 6.56. The van der Waals surface area contributed by atoms with Gasteiger partial charge in [-0.25, -0.2) is 4.79 Å². The Morgan fingerprint density at radius 2 is 2.22 bits per heavy atom. The van der Waals surface area contributed by atoms with E-state index in [1.54, 1.807) is 0 Å². The molecule has 3 amide bonds. The third kappa shape index (κ3) is 4.52. The largest absolute Gasteiger partial charge is 0.352 e. The standard InChI is InChI=1S/C12H24N4O2/c1-9(4-5-13)11(17)16-6-2-3-10(8-16)7-15-12(14)18/h9-10H,2-8,13H2,1H3,(H3,14,15,18). The van der Waals surface area contributed by atoms with Gasteiger partial charge in [0.05, 0.1) is 0 Å². The molecule has 0 aliphatic carbocycles. The van der Waals surface area contributed by atoms with Crippen LogP contribution in [0.3, 0.4) is 0 Å². The molecular weight excluding hydrogens is 232 g/mol. The molecule has 0 bridgehead atoms. The van der Waals surface area contributed by atoms with Crippen molar-refractivity contribution in [1.29, 1.82) is 0 Å². The average molecular weight is 256 g/mol. The lowest BCUT2D eigenvalue weighted by atomic mass is 9.96. The predicted octanol–water partition coefficient (Wildman–Crippen LogP) is -0.122. The molecule has 0 radical (unpaired) electrons. The molecule has 6 heteroatoms. The number of nitrogens with zero attached hydrogens (tertiary/aromatic N) is 1. The van der Waals surface area contributed by atoms with Crippen LogP contribution in [0.2, 0.25) is 0 Å². The van der Waals surface area contributed by atoms with Gasteiger partial charge >= 0.3 is 6.03 Å². The van der Waals surface area contributed by atoms with Gasteiger partial charge in [0.15, 0.2) is 0 Å². The second-order valence-electron chi connectivity index (χ2n) is 5.02. The molecule has 2 unspecified atom stereocenters. The summed E-state index contributed by atoms with van der Waals surface area (Å²) in [5, 5.41) is 2.61. The predicted molar refractivity (Wildman–Crippen MR) is 69.7 cm³/mol. The lowest BCUT2D eigenvalue weighted by Crippen LogP contribution is -2.46. The topological polar surface area (TPSA) is 101 Å². The van der Waals surface area contributed by atoms with E-state index in [0.29, 0.717) is 25.6 Å². The Bertz CT molecular complexity index is 296. The summed E-state index contributed by atoms with van der Waals surface area (Å²) in [6.45, 7) is 4.51. The van der Waals surface area contributed by atoms with E-state index >= 15 is 0 Å². The van der Waals surface area contributed by atoms with E-state index in [2.05, 4.69) is 5.32 Å². The molecule has 1 saturated heterocycles. The molecule has 0 spiro atoms. The molecule has 6 nitrogen and oxygen atoms in total. The summed E-state index contributed by atoms with van der Waals surface area (Å²) in [4.78, 5) is 24.7. The van der Waals surface area contributed by atoms with Crippen LogP contribution < -0.4 is 16.8 Å².